The van der Waals surface area contributed by atoms with Gasteiger partial charge >= 0.3 is 12.0 Å². The Hall–Kier alpha value is -3.16. The fraction of sp³-hybridized carbons (Fsp3) is 0.368. The summed E-state index contributed by atoms with van der Waals surface area (Å²) in [7, 11) is 3.13. The van der Waals surface area contributed by atoms with Crippen LogP contribution < -0.4 is 9.30 Å². The molecule has 0 spiro atoms. The van der Waals surface area contributed by atoms with Crippen LogP contribution in [0.25, 0.3) is 5.69 Å². The highest BCUT2D eigenvalue weighted by molar-refractivity contribution is 6.18. The number of benzene rings is 1. The molecule has 0 N–H and O–H groups in total. The topological polar surface area (TPSA) is 71.0 Å². The van der Waals surface area contributed by atoms with Crippen molar-refractivity contribution >= 4 is 23.7 Å². The summed E-state index contributed by atoms with van der Waals surface area (Å²) in [5.74, 6) is 1.59. The summed E-state index contributed by atoms with van der Waals surface area (Å²) < 4.78 is 9.49. The van der Waals surface area contributed by atoms with E-state index in [-0.39, 0.29) is 18.0 Å². The summed E-state index contributed by atoms with van der Waals surface area (Å²) in [5.41, 5.74) is 1.86. The van der Waals surface area contributed by atoms with E-state index in [4.69, 9.17) is 4.74 Å². The van der Waals surface area contributed by atoms with Crippen molar-refractivity contribution in [3.05, 3.63) is 36.2 Å². The molecule has 1 saturated heterocycles. The second kappa shape index (κ2) is 5.94. The fourth-order valence-electron chi connectivity index (χ4n) is 3.53. The van der Waals surface area contributed by atoms with Crippen LogP contribution in [-0.2, 0) is 4.79 Å². The lowest BCUT2D eigenvalue weighted by Crippen LogP contribution is -2.61. The minimum atomic E-state index is -0.615. The van der Waals surface area contributed by atoms with Gasteiger partial charge in [-0.1, -0.05) is 4.99 Å². The summed E-state index contributed by atoms with van der Waals surface area (Å²) in [6.45, 7) is 5.93. The molecule has 2 aromatic rings. The molecule has 3 heterocycles. The molecule has 1 aromatic carbocycles. The SMILES string of the molecule is Cc1c[n+]2c(n1-c1ccc(OC(C)C)cc1)N=C1C2C(=O)N(C)C(=O)N1C. The maximum atomic E-state index is 12.7. The number of nitrogens with zero attached hydrogens (tertiary/aromatic N) is 5. The number of likely N-dealkylation sites (N-methyl/N-ethyl adjacent to an activating group) is 2. The fourth-order valence-corrected chi connectivity index (χ4v) is 3.53. The number of imidazole rings is 1. The molecule has 140 valence electrons. The number of amidine groups is 1. The van der Waals surface area contributed by atoms with Gasteiger partial charge < -0.3 is 4.74 Å². The average molecular weight is 368 g/mol. The van der Waals surface area contributed by atoms with Gasteiger partial charge in [-0.25, -0.2) is 9.36 Å². The number of carbonyl (C=O) groups excluding carboxylic acids is 2. The highest BCUT2D eigenvalue weighted by Gasteiger charge is 2.52. The Kier molecular flexibility index (Phi) is 3.80. The number of imide groups is 1. The normalized spacial score (nSPS) is 18.7. The van der Waals surface area contributed by atoms with E-state index in [9.17, 15) is 9.59 Å². The third-order valence-corrected chi connectivity index (χ3v) is 4.80. The summed E-state index contributed by atoms with van der Waals surface area (Å²) in [6.07, 6.45) is 2.00. The monoisotopic (exact) mass is 368 g/mol. The minimum Gasteiger partial charge on any atom is -0.491 e. The third-order valence-electron chi connectivity index (χ3n) is 4.80. The van der Waals surface area contributed by atoms with Crippen molar-refractivity contribution in [1.82, 2.24) is 14.4 Å². The minimum absolute atomic E-state index is 0.106. The molecule has 2 aliphatic heterocycles. The smallest absolute Gasteiger partial charge is 0.406 e. The zero-order chi connectivity index (χ0) is 19.5. The van der Waals surface area contributed by atoms with Crippen molar-refractivity contribution in [2.45, 2.75) is 32.9 Å². The molecule has 8 heteroatoms. The van der Waals surface area contributed by atoms with Gasteiger partial charge in [0.15, 0.2) is 0 Å². The van der Waals surface area contributed by atoms with E-state index < -0.39 is 6.04 Å². The first-order valence-corrected chi connectivity index (χ1v) is 8.84. The first-order valence-electron chi connectivity index (χ1n) is 8.84. The van der Waals surface area contributed by atoms with Gasteiger partial charge in [0.25, 0.3) is 5.91 Å². The largest absolute Gasteiger partial charge is 0.491 e. The molecule has 8 nitrogen and oxygen atoms in total. The maximum absolute atomic E-state index is 12.7. The Morgan fingerprint density at radius 2 is 1.78 bits per heavy atom. The standard InChI is InChI=1S/C19H22N5O3/c1-11(2)27-14-8-6-13(7-9-14)24-12(3)10-23-15-16(20-18(23)24)21(4)19(26)22(5)17(15)25/h6-11,15H,1-5H3/q+1. The van der Waals surface area contributed by atoms with Crippen LogP contribution in [-0.4, -0.2) is 52.3 Å². The highest BCUT2D eigenvalue weighted by Crippen LogP contribution is 2.31. The van der Waals surface area contributed by atoms with Gasteiger partial charge in [-0.2, -0.15) is 4.57 Å². The molecule has 0 radical (unpaired) electrons. The number of aromatic nitrogens is 2. The molecule has 0 bridgehead atoms. The van der Waals surface area contributed by atoms with Crippen molar-refractivity contribution in [2.75, 3.05) is 14.1 Å². The van der Waals surface area contributed by atoms with E-state index in [1.54, 1.807) is 7.05 Å². The Bertz CT molecular complexity index is 974. The summed E-state index contributed by atoms with van der Waals surface area (Å²) in [4.78, 5) is 32.1. The molecular formula is C19H22N5O3+. The van der Waals surface area contributed by atoms with Gasteiger partial charge in [0.05, 0.1) is 6.10 Å². The van der Waals surface area contributed by atoms with Crippen LogP contribution in [0.2, 0.25) is 0 Å². The van der Waals surface area contributed by atoms with Crippen molar-refractivity contribution in [1.29, 1.82) is 0 Å². The Morgan fingerprint density at radius 3 is 2.41 bits per heavy atom. The number of carbonyl (C=O) groups is 2. The molecule has 1 fully saturated rings. The van der Waals surface area contributed by atoms with Crippen LogP contribution in [0.15, 0.2) is 35.5 Å². The zero-order valence-corrected chi connectivity index (χ0v) is 16.0. The predicted molar refractivity (Wildman–Crippen MR) is 98.5 cm³/mol. The summed E-state index contributed by atoms with van der Waals surface area (Å²) in [6, 6.07) is 6.74. The van der Waals surface area contributed by atoms with Crippen LogP contribution in [0.4, 0.5) is 10.7 Å². The number of hydrogen-bond acceptors (Lipinski definition) is 4. The molecule has 27 heavy (non-hydrogen) atoms. The number of fused-ring (bicyclic) bond motifs is 3. The molecule has 0 aliphatic carbocycles. The lowest BCUT2D eigenvalue weighted by Gasteiger charge is -2.30. The first-order chi connectivity index (χ1) is 12.8. The van der Waals surface area contributed by atoms with Crippen LogP contribution in [0.1, 0.15) is 25.6 Å². The molecule has 4 rings (SSSR count). The van der Waals surface area contributed by atoms with Crippen molar-refractivity contribution in [3.63, 3.8) is 0 Å². The lowest BCUT2D eigenvalue weighted by atomic mass is 10.2. The van der Waals surface area contributed by atoms with E-state index >= 15 is 0 Å². The van der Waals surface area contributed by atoms with E-state index in [0.29, 0.717) is 11.8 Å². The van der Waals surface area contributed by atoms with Crippen molar-refractivity contribution < 1.29 is 18.9 Å². The first kappa shape index (κ1) is 17.3. The maximum Gasteiger partial charge on any atom is 0.406 e. The number of rotatable bonds is 3. The van der Waals surface area contributed by atoms with E-state index in [2.05, 4.69) is 4.99 Å². The van der Waals surface area contributed by atoms with Crippen LogP contribution in [0, 0.1) is 6.92 Å². The van der Waals surface area contributed by atoms with Crippen LogP contribution in [0.3, 0.4) is 0 Å². The van der Waals surface area contributed by atoms with E-state index in [1.165, 1.54) is 11.9 Å². The van der Waals surface area contributed by atoms with E-state index in [0.717, 1.165) is 22.0 Å². The second-order valence-corrected chi connectivity index (χ2v) is 7.09. The van der Waals surface area contributed by atoms with E-state index in [1.807, 2.05) is 60.4 Å². The Balaban J connectivity index is 1.78. The number of urea groups is 1. The van der Waals surface area contributed by atoms with Gasteiger partial charge in [0.2, 0.25) is 11.9 Å². The zero-order valence-electron chi connectivity index (χ0n) is 16.0. The molecular weight excluding hydrogens is 346 g/mol. The third kappa shape index (κ3) is 2.51. The molecule has 1 unspecified atom stereocenters. The molecule has 0 saturated carbocycles. The number of hydrogen-bond donors (Lipinski definition) is 0. The number of ether oxygens (including phenoxy) is 1. The predicted octanol–water partition coefficient (Wildman–Crippen LogP) is 1.97. The van der Waals surface area contributed by atoms with Crippen LogP contribution in [0.5, 0.6) is 5.75 Å². The quantitative estimate of drug-likeness (QED) is 0.778. The Morgan fingerprint density at radius 1 is 1.11 bits per heavy atom. The van der Waals surface area contributed by atoms with Gasteiger partial charge in [0, 0.05) is 14.1 Å². The average Bonchev–Trinajstić information content (AvgIpc) is 3.13. The van der Waals surface area contributed by atoms with Crippen LogP contribution >= 0.6 is 0 Å². The second-order valence-electron chi connectivity index (χ2n) is 7.09. The number of aliphatic imine (C=N–C) groups is 1. The van der Waals surface area contributed by atoms with Gasteiger partial charge in [-0.05, 0) is 45.0 Å². The van der Waals surface area contributed by atoms with Gasteiger partial charge in [-0.3, -0.25) is 14.6 Å². The molecule has 3 amide bonds. The van der Waals surface area contributed by atoms with Crippen molar-refractivity contribution in [2.24, 2.45) is 4.99 Å². The summed E-state index contributed by atoms with van der Waals surface area (Å²) >= 11 is 0. The molecule has 1 atom stereocenters. The highest BCUT2D eigenvalue weighted by atomic mass is 16.5. The molecule has 2 aliphatic rings. The van der Waals surface area contributed by atoms with Crippen molar-refractivity contribution in [3.8, 4) is 11.4 Å². The van der Waals surface area contributed by atoms with Gasteiger partial charge in [0.1, 0.15) is 23.3 Å². The summed E-state index contributed by atoms with van der Waals surface area (Å²) in [5, 5.41) is 0. The Labute approximate surface area is 157 Å². The number of aryl methyl sites for hydroxylation is 1. The number of amides is 3. The lowest BCUT2D eigenvalue weighted by molar-refractivity contribution is -0.676. The van der Waals surface area contributed by atoms with Gasteiger partial charge in [-0.15, -0.1) is 0 Å². The molecule has 1 aromatic heterocycles.